The molecule has 0 spiro atoms. The van der Waals surface area contributed by atoms with Gasteiger partial charge >= 0.3 is 0 Å². The van der Waals surface area contributed by atoms with Crippen LogP contribution >= 0.6 is 0 Å². The number of nitrogens with one attached hydrogen (secondary N) is 1. The van der Waals surface area contributed by atoms with Crippen LogP contribution in [0.3, 0.4) is 0 Å². The SMILES string of the molecule is COc1ccc2nccc(C(O)C(N)C3CCC(NCc4ccc5c(c4)OCCO5)CC3)c2n1. The summed E-state index contributed by atoms with van der Waals surface area (Å²) < 4.78 is 16.5. The van der Waals surface area contributed by atoms with Crippen LogP contribution in [0.4, 0.5) is 0 Å². The van der Waals surface area contributed by atoms with E-state index in [9.17, 15) is 5.11 Å². The minimum atomic E-state index is -0.808. The lowest BCUT2D eigenvalue weighted by atomic mass is 9.79. The fraction of sp³-hybridized carbons (Fsp3) is 0.462. The third kappa shape index (κ3) is 4.80. The maximum atomic E-state index is 11.1. The first-order chi connectivity index (χ1) is 16.6. The Kier molecular flexibility index (Phi) is 6.80. The first-order valence-electron chi connectivity index (χ1n) is 12.0. The molecule has 34 heavy (non-hydrogen) atoms. The normalized spacial score (nSPS) is 21.7. The van der Waals surface area contributed by atoms with E-state index >= 15 is 0 Å². The Bertz CT molecular complexity index is 1130. The maximum Gasteiger partial charge on any atom is 0.213 e. The highest BCUT2D eigenvalue weighted by molar-refractivity contribution is 5.78. The van der Waals surface area contributed by atoms with Gasteiger partial charge in [0.15, 0.2) is 11.5 Å². The van der Waals surface area contributed by atoms with Crippen molar-refractivity contribution >= 4 is 11.0 Å². The number of fused-ring (bicyclic) bond motifs is 2. The van der Waals surface area contributed by atoms with Crippen LogP contribution in [0.1, 0.15) is 42.9 Å². The van der Waals surface area contributed by atoms with Crippen LogP contribution in [0.25, 0.3) is 11.0 Å². The molecule has 0 bridgehead atoms. The summed E-state index contributed by atoms with van der Waals surface area (Å²) in [5, 5.41) is 14.8. The average molecular weight is 465 g/mol. The predicted octanol–water partition coefficient (Wildman–Crippen LogP) is 3.12. The van der Waals surface area contributed by atoms with Crippen molar-refractivity contribution in [3.8, 4) is 17.4 Å². The van der Waals surface area contributed by atoms with Crippen LogP contribution in [-0.2, 0) is 6.54 Å². The van der Waals surface area contributed by atoms with E-state index in [0.717, 1.165) is 49.2 Å². The number of aliphatic hydroxyl groups excluding tert-OH is 1. The lowest BCUT2D eigenvalue weighted by molar-refractivity contribution is 0.100. The fourth-order valence-corrected chi connectivity index (χ4v) is 5.01. The second kappa shape index (κ2) is 10.1. The second-order valence-electron chi connectivity index (χ2n) is 9.11. The highest BCUT2D eigenvalue weighted by atomic mass is 16.6. The van der Waals surface area contributed by atoms with Gasteiger partial charge in [-0.25, -0.2) is 4.98 Å². The largest absolute Gasteiger partial charge is 0.486 e. The summed E-state index contributed by atoms with van der Waals surface area (Å²) in [6, 6.07) is 11.6. The summed E-state index contributed by atoms with van der Waals surface area (Å²) in [7, 11) is 1.58. The highest BCUT2D eigenvalue weighted by Crippen LogP contribution is 2.34. The molecular weight excluding hydrogens is 432 g/mol. The number of methoxy groups -OCH3 is 1. The molecule has 2 atom stereocenters. The number of benzene rings is 1. The van der Waals surface area contributed by atoms with Gasteiger partial charge in [0.1, 0.15) is 13.2 Å². The third-order valence-corrected chi connectivity index (χ3v) is 7.00. The van der Waals surface area contributed by atoms with Gasteiger partial charge in [-0.2, -0.15) is 0 Å². The first-order valence-corrected chi connectivity index (χ1v) is 12.0. The van der Waals surface area contributed by atoms with Gasteiger partial charge in [-0.3, -0.25) is 4.98 Å². The van der Waals surface area contributed by atoms with Crippen LogP contribution in [0.5, 0.6) is 17.4 Å². The van der Waals surface area contributed by atoms with Gasteiger partial charge in [0.25, 0.3) is 0 Å². The topological polar surface area (TPSA) is 112 Å². The van der Waals surface area contributed by atoms with Crippen molar-refractivity contribution in [2.45, 2.75) is 50.4 Å². The average Bonchev–Trinajstić information content (AvgIpc) is 2.90. The minimum absolute atomic E-state index is 0.246. The molecule has 0 radical (unpaired) electrons. The van der Waals surface area contributed by atoms with E-state index in [2.05, 4.69) is 27.4 Å². The van der Waals surface area contributed by atoms with Gasteiger partial charge in [-0.15, -0.1) is 0 Å². The standard InChI is InChI=1S/C26H32N4O4/c1-32-23-9-7-20-25(30-23)19(10-11-28-20)26(31)24(27)17-3-5-18(6-4-17)29-15-16-2-8-21-22(14-16)34-13-12-33-21/h2,7-11,14,17-18,24,26,29,31H,3-6,12-13,15,27H2,1H3. The summed E-state index contributed by atoms with van der Waals surface area (Å²) in [4.78, 5) is 8.86. The van der Waals surface area contributed by atoms with Crippen LogP contribution in [0.15, 0.2) is 42.6 Å². The molecule has 1 fully saturated rings. The van der Waals surface area contributed by atoms with Gasteiger partial charge in [-0.05, 0) is 61.4 Å². The zero-order chi connectivity index (χ0) is 23.5. The van der Waals surface area contributed by atoms with Gasteiger partial charge in [-0.1, -0.05) is 6.07 Å². The van der Waals surface area contributed by atoms with Gasteiger partial charge < -0.3 is 30.4 Å². The minimum Gasteiger partial charge on any atom is -0.486 e. The van der Waals surface area contributed by atoms with Gasteiger partial charge in [0, 0.05) is 36.5 Å². The molecule has 8 heteroatoms. The van der Waals surface area contributed by atoms with E-state index in [-0.39, 0.29) is 12.0 Å². The lowest BCUT2D eigenvalue weighted by Gasteiger charge is -2.35. The Balaban J connectivity index is 1.17. The molecule has 0 saturated heterocycles. The summed E-state index contributed by atoms with van der Waals surface area (Å²) >= 11 is 0. The molecule has 5 rings (SSSR count). The summed E-state index contributed by atoms with van der Waals surface area (Å²) in [6.45, 7) is 1.99. The van der Waals surface area contributed by atoms with E-state index in [1.54, 1.807) is 25.4 Å². The zero-order valence-electron chi connectivity index (χ0n) is 19.4. The Morgan fingerprint density at radius 2 is 1.88 bits per heavy atom. The van der Waals surface area contributed by atoms with Crippen molar-refractivity contribution in [1.29, 1.82) is 0 Å². The number of nitrogens with two attached hydrogens (primary N) is 1. The van der Waals surface area contributed by atoms with Crippen molar-refractivity contribution in [2.24, 2.45) is 11.7 Å². The van der Waals surface area contributed by atoms with Crippen molar-refractivity contribution in [3.63, 3.8) is 0 Å². The number of ether oxygens (including phenoxy) is 3. The molecule has 4 N–H and O–H groups in total. The molecule has 8 nitrogen and oxygen atoms in total. The van der Waals surface area contributed by atoms with E-state index in [4.69, 9.17) is 19.9 Å². The first kappa shape index (κ1) is 22.8. The molecule has 2 unspecified atom stereocenters. The van der Waals surface area contributed by atoms with Gasteiger partial charge in [0.2, 0.25) is 5.88 Å². The monoisotopic (exact) mass is 464 g/mol. The quantitative estimate of drug-likeness (QED) is 0.489. The zero-order valence-corrected chi connectivity index (χ0v) is 19.4. The van der Waals surface area contributed by atoms with Crippen molar-refractivity contribution in [2.75, 3.05) is 20.3 Å². The molecule has 2 aromatic heterocycles. The molecule has 1 aromatic carbocycles. The Hall–Kier alpha value is -2.94. The number of hydrogen-bond acceptors (Lipinski definition) is 8. The summed E-state index contributed by atoms with van der Waals surface area (Å²) in [6.07, 6.45) is 4.88. The second-order valence-corrected chi connectivity index (χ2v) is 9.11. The molecule has 1 saturated carbocycles. The number of aromatic nitrogens is 2. The molecular formula is C26H32N4O4. The molecule has 1 aliphatic carbocycles. The van der Waals surface area contributed by atoms with Crippen LogP contribution < -0.4 is 25.3 Å². The Morgan fingerprint density at radius 3 is 2.68 bits per heavy atom. The molecule has 180 valence electrons. The van der Waals surface area contributed by atoms with E-state index in [1.807, 2.05) is 12.1 Å². The maximum absolute atomic E-state index is 11.1. The number of nitrogens with zero attached hydrogens (tertiary/aromatic N) is 2. The number of aliphatic hydroxyl groups is 1. The molecule has 3 aromatic rings. The lowest BCUT2D eigenvalue weighted by Crippen LogP contribution is -2.41. The van der Waals surface area contributed by atoms with Crippen LogP contribution in [-0.4, -0.2) is 47.5 Å². The van der Waals surface area contributed by atoms with Crippen LogP contribution in [0, 0.1) is 5.92 Å². The smallest absolute Gasteiger partial charge is 0.213 e. The van der Waals surface area contributed by atoms with E-state index in [1.165, 1.54) is 5.56 Å². The number of pyridine rings is 2. The van der Waals surface area contributed by atoms with Crippen molar-refractivity contribution < 1.29 is 19.3 Å². The summed E-state index contributed by atoms with van der Waals surface area (Å²) in [5.74, 6) is 2.38. The third-order valence-electron chi connectivity index (χ3n) is 7.00. The van der Waals surface area contributed by atoms with Crippen LogP contribution in [0.2, 0.25) is 0 Å². The van der Waals surface area contributed by atoms with E-state index in [0.29, 0.717) is 36.2 Å². The van der Waals surface area contributed by atoms with E-state index < -0.39 is 6.10 Å². The molecule has 1 aliphatic heterocycles. The Morgan fingerprint density at radius 1 is 1.09 bits per heavy atom. The number of hydrogen-bond donors (Lipinski definition) is 3. The Labute approximate surface area is 199 Å². The molecule has 3 heterocycles. The fourth-order valence-electron chi connectivity index (χ4n) is 5.01. The highest BCUT2D eigenvalue weighted by Gasteiger charge is 2.31. The predicted molar refractivity (Wildman–Crippen MR) is 129 cm³/mol. The molecule has 2 aliphatic rings. The van der Waals surface area contributed by atoms with Crippen molar-refractivity contribution in [1.82, 2.24) is 15.3 Å². The summed E-state index contributed by atoms with van der Waals surface area (Å²) in [5.41, 5.74) is 9.83. The van der Waals surface area contributed by atoms with Gasteiger partial charge in [0.05, 0.1) is 24.2 Å². The molecule has 0 amide bonds. The van der Waals surface area contributed by atoms with Crippen molar-refractivity contribution in [3.05, 3.63) is 53.7 Å². The number of rotatable bonds is 7.